The Bertz CT molecular complexity index is 660. The molecule has 1 N–H and O–H groups in total. The Morgan fingerprint density at radius 2 is 2.24 bits per heavy atom. The molecule has 1 aromatic carbocycles. The van der Waals surface area contributed by atoms with E-state index in [-0.39, 0.29) is 18.5 Å². The van der Waals surface area contributed by atoms with Gasteiger partial charge in [-0.1, -0.05) is 0 Å². The first kappa shape index (κ1) is 13.8. The van der Waals surface area contributed by atoms with Crippen LogP contribution in [0.15, 0.2) is 30.3 Å². The first-order valence-corrected chi connectivity index (χ1v) is 6.81. The molecular formula is C16H16FNO3. The molecule has 0 saturated heterocycles. The van der Waals surface area contributed by atoms with E-state index in [1.807, 2.05) is 13.0 Å². The number of rotatable bonds is 4. The Labute approximate surface area is 122 Å². The fourth-order valence-electron chi connectivity index (χ4n) is 2.41. The molecule has 1 aliphatic heterocycles. The van der Waals surface area contributed by atoms with E-state index >= 15 is 0 Å². The lowest BCUT2D eigenvalue weighted by atomic mass is 10.1. The van der Waals surface area contributed by atoms with Gasteiger partial charge < -0.3 is 14.6 Å². The lowest BCUT2D eigenvalue weighted by Crippen LogP contribution is -2.22. The molecule has 0 radical (unpaired) electrons. The molecule has 1 atom stereocenters. The number of nitrogens with zero attached hydrogens (tertiary/aromatic N) is 1. The van der Waals surface area contributed by atoms with Crippen molar-refractivity contribution >= 4 is 0 Å². The van der Waals surface area contributed by atoms with Gasteiger partial charge in [0.25, 0.3) is 0 Å². The van der Waals surface area contributed by atoms with Crippen LogP contribution in [0.4, 0.5) is 4.39 Å². The molecule has 5 heteroatoms. The summed E-state index contributed by atoms with van der Waals surface area (Å²) in [6.45, 7) is 2.01. The van der Waals surface area contributed by atoms with Crippen molar-refractivity contribution in [2.24, 2.45) is 0 Å². The molecule has 2 aromatic rings. The second kappa shape index (κ2) is 5.69. The highest BCUT2D eigenvalue weighted by Crippen LogP contribution is 2.29. The standard InChI is InChI=1S/C16H16FNO3/c1-10-2-4-16(14(8-19)18-10)20-9-13-7-11-6-12(17)3-5-15(11)21-13/h2-6,13,19H,7-9H2,1H3. The summed E-state index contributed by atoms with van der Waals surface area (Å²) in [5.74, 6) is 0.993. The normalized spacial score (nSPS) is 16.4. The molecule has 1 aromatic heterocycles. The van der Waals surface area contributed by atoms with Crippen LogP contribution in [-0.2, 0) is 13.0 Å². The maximum atomic E-state index is 13.2. The van der Waals surface area contributed by atoms with Crippen molar-refractivity contribution < 1.29 is 19.0 Å². The molecular weight excluding hydrogens is 273 g/mol. The number of pyridine rings is 1. The van der Waals surface area contributed by atoms with Gasteiger partial charge >= 0.3 is 0 Å². The Morgan fingerprint density at radius 3 is 3.05 bits per heavy atom. The van der Waals surface area contributed by atoms with Gasteiger partial charge in [0, 0.05) is 17.7 Å². The van der Waals surface area contributed by atoms with E-state index in [0.29, 0.717) is 30.2 Å². The Kier molecular flexibility index (Phi) is 3.75. The van der Waals surface area contributed by atoms with Gasteiger partial charge in [0.05, 0.1) is 6.61 Å². The van der Waals surface area contributed by atoms with Crippen LogP contribution in [0, 0.1) is 12.7 Å². The SMILES string of the molecule is Cc1ccc(OCC2Cc3cc(F)ccc3O2)c(CO)n1. The molecule has 0 fully saturated rings. The number of aliphatic hydroxyl groups is 1. The number of halogens is 1. The molecule has 3 rings (SSSR count). The van der Waals surface area contributed by atoms with E-state index in [1.165, 1.54) is 12.1 Å². The Morgan fingerprint density at radius 1 is 1.38 bits per heavy atom. The number of hydrogen-bond acceptors (Lipinski definition) is 4. The zero-order chi connectivity index (χ0) is 14.8. The summed E-state index contributed by atoms with van der Waals surface area (Å²) in [4.78, 5) is 4.22. The van der Waals surface area contributed by atoms with Crippen molar-refractivity contribution in [3.63, 3.8) is 0 Å². The zero-order valence-electron chi connectivity index (χ0n) is 11.7. The minimum Gasteiger partial charge on any atom is -0.488 e. The molecule has 21 heavy (non-hydrogen) atoms. The molecule has 2 heterocycles. The second-order valence-electron chi connectivity index (χ2n) is 5.06. The first-order chi connectivity index (χ1) is 10.2. The van der Waals surface area contributed by atoms with Gasteiger partial charge in [-0.05, 0) is 37.3 Å². The Hall–Kier alpha value is -2.14. The highest BCUT2D eigenvalue weighted by Gasteiger charge is 2.24. The van der Waals surface area contributed by atoms with Gasteiger partial charge in [0.15, 0.2) is 0 Å². The van der Waals surface area contributed by atoms with E-state index in [1.54, 1.807) is 12.1 Å². The van der Waals surface area contributed by atoms with Crippen LogP contribution in [0.1, 0.15) is 17.0 Å². The number of aliphatic hydroxyl groups excluding tert-OH is 1. The summed E-state index contributed by atoms with van der Waals surface area (Å²) in [5.41, 5.74) is 2.19. The van der Waals surface area contributed by atoms with Crippen LogP contribution >= 0.6 is 0 Å². The highest BCUT2D eigenvalue weighted by molar-refractivity contribution is 5.38. The van der Waals surface area contributed by atoms with Crippen LogP contribution in [0.5, 0.6) is 11.5 Å². The summed E-state index contributed by atoms with van der Waals surface area (Å²) >= 11 is 0. The number of hydrogen-bond donors (Lipinski definition) is 1. The third kappa shape index (κ3) is 2.97. The van der Waals surface area contributed by atoms with Gasteiger partial charge in [-0.3, -0.25) is 4.98 Å². The summed E-state index contributed by atoms with van der Waals surface area (Å²) in [6, 6.07) is 8.12. The molecule has 1 unspecified atom stereocenters. The van der Waals surface area contributed by atoms with Gasteiger partial charge in [-0.25, -0.2) is 4.39 Å². The highest BCUT2D eigenvalue weighted by atomic mass is 19.1. The fourth-order valence-corrected chi connectivity index (χ4v) is 2.41. The number of aryl methyl sites for hydroxylation is 1. The molecule has 0 bridgehead atoms. The van der Waals surface area contributed by atoms with E-state index in [2.05, 4.69) is 4.98 Å². The molecule has 4 nitrogen and oxygen atoms in total. The molecule has 0 amide bonds. The van der Waals surface area contributed by atoms with Gasteiger partial charge in [-0.2, -0.15) is 0 Å². The fraction of sp³-hybridized carbons (Fsp3) is 0.312. The van der Waals surface area contributed by atoms with Crippen LogP contribution in [0.3, 0.4) is 0 Å². The van der Waals surface area contributed by atoms with Crippen molar-refractivity contribution in [3.05, 3.63) is 53.1 Å². The van der Waals surface area contributed by atoms with E-state index in [4.69, 9.17) is 9.47 Å². The third-order valence-corrected chi connectivity index (χ3v) is 3.41. The smallest absolute Gasteiger partial charge is 0.143 e. The summed E-state index contributed by atoms with van der Waals surface area (Å²) < 4.78 is 24.5. The summed E-state index contributed by atoms with van der Waals surface area (Å²) in [5, 5.41) is 9.29. The van der Waals surface area contributed by atoms with Crippen molar-refractivity contribution in [1.29, 1.82) is 0 Å². The molecule has 0 aliphatic carbocycles. The van der Waals surface area contributed by atoms with Gasteiger partial charge in [-0.15, -0.1) is 0 Å². The average molecular weight is 289 g/mol. The van der Waals surface area contributed by atoms with E-state index in [0.717, 1.165) is 11.3 Å². The van der Waals surface area contributed by atoms with Crippen molar-refractivity contribution in [1.82, 2.24) is 4.98 Å². The van der Waals surface area contributed by atoms with E-state index in [9.17, 15) is 9.50 Å². The predicted molar refractivity (Wildman–Crippen MR) is 74.9 cm³/mol. The summed E-state index contributed by atoms with van der Waals surface area (Å²) in [6.07, 6.45) is 0.454. The van der Waals surface area contributed by atoms with Crippen LogP contribution in [0.2, 0.25) is 0 Å². The van der Waals surface area contributed by atoms with Crippen LogP contribution in [-0.4, -0.2) is 22.8 Å². The Balaban J connectivity index is 1.65. The number of fused-ring (bicyclic) bond motifs is 1. The van der Waals surface area contributed by atoms with Gasteiger partial charge in [0.2, 0.25) is 0 Å². The molecule has 1 aliphatic rings. The largest absolute Gasteiger partial charge is 0.488 e. The monoisotopic (exact) mass is 289 g/mol. The number of benzene rings is 1. The quantitative estimate of drug-likeness (QED) is 0.939. The second-order valence-corrected chi connectivity index (χ2v) is 5.06. The third-order valence-electron chi connectivity index (χ3n) is 3.41. The maximum absolute atomic E-state index is 13.2. The van der Waals surface area contributed by atoms with E-state index < -0.39 is 0 Å². The van der Waals surface area contributed by atoms with Crippen LogP contribution in [0.25, 0.3) is 0 Å². The van der Waals surface area contributed by atoms with Crippen molar-refractivity contribution in [2.45, 2.75) is 26.1 Å². The topological polar surface area (TPSA) is 51.6 Å². The minimum atomic E-state index is -0.260. The lowest BCUT2D eigenvalue weighted by Gasteiger charge is -2.14. The minimum absolute atomic E-state index is 0.158. The lowest BCUT2D eigenvalue weighted by molar-refractivity contribution is 0.145. The van der Waals surface area contributed by atoms with Crippen molar-refractivity contribution in [3.8, 4) is 11.5 Å². The average Bonchev–Trinajstić information content (AvgIpc) is 2.87. The van der Waals surface area contributed by atoms with Gasteiger partial charge in [0.1, 0.15) is 35.7 Å². The zero-order valence-corrected chi connectivity index (χ0v) is 11.7. The molecule has 110 valence electrons. The molecule has 0 saturated carbocycles. The first-order valence-electron chi connectivity index (χ1n) is 6.81. The van der Waals surface area contributed by atoms with Crippen molar-refractivity contribution in [2.75, 3.05) is 6.61 Å². The number of ether oxygens (including phenoxy) is 2. The number of aromatic nitrogens is 1. The predicted octanol–water partition coefficient (Wildman–Crippen LogP) is 2.40. The summed E-state index contributed by atoms with van der Waals surface area (Å²) in [7, 11) is 0. The van der Waals surface area contributed by atoms with Crippen LogP contribution < -0.4 is 9.47 Å². The molecule has 0 spiro atoms. The maximum Gasteiger partial charge on any atom is 0.143 e.